The van der Waals surface area contributed by atoms with Crippen LogP contribution in [0.4, 0.5) is 0 Å². The number of rotatable bonds is 6. The van der Waals surface area contributed by atoms with Crippen LogP contribution in [0.5, 0.6) is 11.5 Å². The van der Waals surface area contributed by atoms with Gasteiger partial charge in [-0.3, -0.25) is 0 Å². The molecule has 0 saturated carbocycles. The lowest BCUT2D eigenvalue weighted by molar-refractivity contribution is 0.461. The Morgan fingerprint density at radius 2 is 0.886 bits per heavy atom. The topological polar surface area (TPSA) is 40.5 Å². The van der Waals surface area contributed by atoms with Gasteiger partial charge in [0.2, 0.25) is 0 Å². The van der Waals surface area contributed by atoms with Crippen LogP contribution in [0.2, 0.25) is 0 Å². The molecule has 2 N–H and O–H groups in total. The molecule has 0 aliphatic heterocycles. The zero-order valence-corrected chi connectivity index (χ0v) is 20.8. The number of aromatic hydroxyl groups is 2. The summed E-state index contributed by atoms with van der Waals surface area (Å²) < 4.78 is 0. The smallest absolute Gasteiger partial charge is 0.126 e. The third-order valence-corrected chi connectivity index (χ3v) is 6.37. The summed E-state index contributed by atoms with van der Waals surface area (Å²) in [6.45, 7) is 8.21. The van der Waals surface area contributed by atoms with Gasteiger partial charge in [0.05, 0.1) is 0 Å². The average molecular weight is 461 g/mol. The zero-order chi connectivity index (χ0) is 24.9. The molecule has 0 heterocycles. The van der Waals surface area contributed by atoms with E-state index in [2.05, 4.69) is 38.1 Å². The molecule has 0 radical (unpaired) electrons. The van der Waals surface area contributed by atoms with E-state index in [0.717, 1.165) is 44.5 Å². The molecule has 0 aliphatic carbocycles. The van der Waals surface area contributed by atoms with Gasteiger partial charge in [-0.2, -0.15) is 0 Å². The highest BCUT2D eigenvalue weighted by atomic mass is 16.3. The zero-order valence-electron chi connectivity index (χ0n) is 20.8. The van der Waals surface area contributed by atoms with Crippen molar-refractivity contribution in [2.75, 3.05) is 0 Å². The van der Waals surface area contributed by atoms with Crippen LogP contribution in [0.3, 0.4) is 0 Å². The largest absolute Gasteiger partial charge is 0.507 e. The SMILES string of the molecule is Cc1cc(/C=C/c2ccccc2C)c(O)c(Cc2cc(C)cc(/C=C/c3ccccc3C)c2O)c1. The van der Waals surface area contributed by atoms with Gasteiger partial charge < -0.3 is 10.2 Å². The molecule has 35 heavy (non-hydrogen) atoms. The van der Waals surface area contributed by atoms with Crippen molar-refractivity contribution in [3.05, 3.63) is 128 Å². The number of hydrogen-bond donors (Lipinski definition) is 2. The number of hydrogen-bond acceptors (Lipinski definition) is 2. The van der Waals surface area contributed by atoms with Gasteiger partial charge in [-0.15, -0.1) is 0 Å². The Balaban J connectivity index is 1.66. The molecule has 0 fully saturated rings. The molecule has 4 aromatic rings. The molecule has 0 unspecified atom stereocenters. The fraction of sp³-hybridized carbons (Fsp3) is 0.152. The summed E-state index contributed by atoms with van der Waals surface area (Å²) >= 11 is 0. The van der Waals surface area contributed by atoms with E-state index in [1.54, 1.807) is 0 Å². The molecular formula is C33H32O2. The molecule has 2 heteroatoms. The van der Waals surface area contributed by atoms with E-state index in [1.165, 1.54) is 11.1 Å². The quantitative estimate of drug-likeness (QED) is 0.284. The van der Waals surface area contributed by atoms with Crippen molar-refractivity contribution >= 4 is 24.3 Å². The Bertz CT molecular complexity index is 1310. The lowest BCUT2D eigenvalue weighted by Crippen LogP contribution is -1.95. The lowest BCUT2D eigenvalue weighted by atomic mass is 9.94. The molecule has 0 amide bonds. The van der Waals surface area contributed by atoms with Gasteiger partial charge in [-0.1, -0.05) is 85.0 Å². The first-order valence-electron chi connectivity index (χ1n) is 11.9. The van der Waals surface area contributed by atoms with Crippen LogP contribution in [-0.2, 0) is 6.42 Å². The Hall–Kier alpha value is -4.04. The van der Waals surface area contributed by atoms with Crippen LogP contribution < -0.4 is 0 Å². The fourth-order valence-electron chi connectivity index (χ4n) is 4.40. The normalized spacial score (nSPS) is 11.5. The first-order chi connectivity index (χ1) is 16.8. The van der Waals surface area contributed by atoms with Gasteiger partial charge in [0.15, 0.2) is 0 Å². The Kier molecular flexibility index (Phi) is 7.22. The Morgan fingerprint density at radius 1 is 0.514 bits per heavy atom. The molecule has 0 aromatic heterocycles. The minimum atomic E-state index is 0.248. The summed E-state index contributed by atoms with van der Waals surface area (Å²) in [5.74, 6) is 0.497. The van der Waals surface area contributed by atoms with Gasteiger partial charge >= 0.3 is 0 Å². The van der Waals surface area contributed by atoms with Gasteiger partial charge in [-0.05, 0) is 84.3 Å². The minimum absolute atomic E-state index is 0.248. The third-order valence-electron chi connectivity index (χ3n) is 6.37. The highest BCUT2D eigenvalue weighted by molar-refractivity contribution is 5.76. The number of aryl methyl sites for hydroxylation is 4. The van der Waals surface area contributed by atoms with E-state index in [4.69, 9.17) is 0 Å². The van der Waals surface area contributed by atoms with E-state index in [1.807, 2.05) is 86.7 Å². The van der Waals surface area contributed by atoms with Crippen molar-refractivity contribution in [1.82, 2.24) is 0 Å². The summed E-state index contributed by atoms with van der Waals surface area (Å²) in [6.07, 6.45) is 8.43. The minimum Gasteiger partial charge on any atom is -0.507 e. The molecule has 0 atom stereocenters. The van der Waals surface area contributed by atoms with Crippen molar-refractivity contribution in [1.29, 1.82) is 0 Å². The van der Waals surface area contributed by atoms with Crippen LogP contribution in [0.25, 0.3) is 24.3 Å². The maximum absolute atomic E-state index is 11.1. The highest BCUT2D eigenvalue weighted by Gasteiger charge is 2.13. The van der Waals surface area contributed by atoms with Crippen LogP contribution >= 0.6 is 0 Å². The molecule has 4 aromatic carbocycles. The summed E-state index contributed by atoms with van der Waals surface area (Å²) in [4.78, 5) is 0. The maximum atomic E-state index is 11.1. The third kappa shape index (κ3) is 5.73. The summed E-state index contributed by atoms with van der Waals surface area (Å²) in [5.41, 5.74) is 9.88. The van der Waals surface area contributed by atoms with E-state index in [9.17, 15) is 10.2 Å². The Labute approximate surface area is 208 Å². The van der Waals surface area contributed by atoms with Gasteiger partial charge in [-0.25, -0.2) is 0 Å². The average Bonchev–Trinajstić information content (AvgIpc) is 2.83. The van der Waals surface area contributed by atoms with Crippen molar-refractivity contribution in [3.8, 4) is 11.5 Å². The first-order valence-corrected chi connectivity index (χ1v) is 11.9. The number of benzene rings is 4. The van der Waals surface area contributed by atoms with E-state index in [0.29, 0.717) is 6.42 Å². The van der Waals surface area contributed by atoms with Crippen molar-refractivity contribution < 1.29 is 10.2 Å². The van der Waals surface area contributed by atoms with Gasteiger partial charge in [0, 0.05) is 17.5 Å². The van der Waals surface area contributed by atoms with Crippen LogP contribution in [-0.4, -0.2) is 10.2 Å². The molecule has 2 nitrogen and oxygen atoms in total. The molecule has 0 aliphatic rings. The number of phenolic OH excluding ortho intramolecular Hbond substituents is 2. The Morgan fingerprint density at radius 3 is 1.29 bits per heavy atom. The van der Waals surface area contributed by atoms with E-state index >= 15 is 0 Å². The predicted octanol–water partition coefficient (Wildman–Crippen LogP) is 8.26. The summed E-state index contributed by atoms with van der Waals surface area (Å²) in [7, 11) is 0. The molecule has 0 saturated heterocycles. The molecule has 0 spiro atoms. The van der Waals surface area contributed by atoms with Gasteiger partial charge in [0.1, 0.15) is 11.5 Å². The van der Waals surface area contributed by atoms with E-state index < -0.39 is 0 Å². The monoisotopic (exact) mass is 460 g/mol. The molecule has 176 valence electrons. The molecule has 0 bridgehead atoms. The van der Waals surface area contributed by atoms with Crippen LogP contribution in [0, 0.1) is 27.7 Å². The van der Waals surface area contributed by atoms with Crippen molar-refractivity contribution in [2.24, 2.45) is 0 Å². The maximum Gasteiger partial charge on any atom is 0.126 e. The predicted molar refractivity (Wildman–Crippen MR) is 149 cm³/mol. The van der Waals surface area contributed by atoms with Crippen LogP contribution in [0.15, 0.2) is 72.8 Å². The van der Waals surface area contributed by atoms with Gasteiger partial charge in [0.25, 0.3) is 0 Å². The van der Waals surface area contributed by atoms with E-state index in [-0.39, 0.29) is 11.5 Å². The lowest BCUT2D eigenvalue weighted by Gasteiger charge is -2.13. The molecular weight excluding hydrogens is 428 g/mol. The van der Waals surface area contributed by atoms with Crippen LogP contribution in [0.1, 0.15) is 55.6 Å². The first kappa shape index (κ1) is 24.1. The highest BCUT2D eigenvalue weighted by Crippen LogP contribution is 2.33. The fourth-order valence-corrected chi connectivity index (χ4v) is 4.40. The standard InChI is InChI=1S/C33H32O2/c1-22-17-28(15-13-26-11-7-5-9-24(26)3)32(34)30(19-22)21-31-20-23(2)18-29(33(31)35)16-14-27-12-8-6-10-25(27)4/h5-20,34-35H,21H2,1-4H3/b15-13+,16-14+. The van der Waals surface area contributed by atoms with Crippen molar-refractivity contribution in [2.45, 2.75) is 34.1 Å². The second kappa shape index (κ2) is 10.5. The second-order valence-corrected chi connectivity index (χ2v) is 9.28. The second-order valence-electron chi connectivity index (χ2n) is 9.28. The summed E-state index contributed by atoms with van der Waals surface area (Å²) in [5, 5.41) is 22.2. The van der Waals surface area contributed by atoms with Crippen molar-refractivity contribution in [3.63, 3.8) is 0 Å². The number of phenols is 2. The molecule has 4 rings (SSSR count). The summed E-state index contributed by atoms with van der Waals surface area (Å²) in [6, 6.07) is 24.3.